The zero-order chi connectivity index (χ0) is 20.2. The fraction of sp³-hybridized carbons (Fsp3) is 0.263. The molecule has 1 aliphatic heterocycles. The van der Waals surface area contributed by atoms with Gasteiger partial charge in [-0.1, -0.05) is 11.8 Å². The lowest BCUT2D eigenvalue weighted by Crippen LogP contribution is -2.15. The highest BCUT2D eigenvalue weighted by Gasteiger charge is 2.19. The molecule has 10 heteroatoms. The maximum Gasteiger partial charge on any atom is 0.316 e. The van der Waals surface area contributed by atoms with Gasteiger partial charge in [0.05, 0.1) is 12.0 Å². The van der Waals surface area contributed by atoms with Gasteiger partial charge in [-0.05, 0) is 37.3 Å². The molecule has 9 nitrogen and oxygen atoms in total. The first-order valence-electron chi connectivity index (χ1n) is 8.84. The minimum absolute atomic E-state index is 0.00467. The number of ether oxygens (including phenoxy) is 3. The molecular formula is C19H17N3O6S. The number of esters is 1. The molecule has 3 heterocycles. The number of nitrogens with zero attached hydrogens (tertiary/aromatic N) is 3. The normalized spacial score (nSPS) is 12.2. The highest BCUT2D eigenvalue weighted by molar-refractivity contribution is 7.99. The number of aromatic nitrogens is 3. The summed E-state index contributed by atoms with van der Waals surface area (Å²) in [6.07, 6.45) is 1.56. The maximum atomic E-state index is 12.2. The Hall–Kier alpha value is -3.27. The fourth-order valence-electron chi connectivity index (χ4n) is 2.73. The van der Waals surface area contributed by atoms with E-state index in [0.717, 1.165) is 0 Å². The van der Waals surface area contributed by atoms with Crippen molar-refractivity contribution in [1.82, 2.24) is 14.8 Å². The van der Waals surface area contributed by atoms with Gasteiger partial charge >= 0.3 is 5.97 Å². The molecule has 4 rings (SSSR count). The van der Waals surface area contributed by atoms with E-state index in [4.69, 9.17) is 18.6 Å². The summed E-state index contributed by atoms with van der Waals surface area (Å²) in [5, 5.41) is 8.79. The van der Waals surface area contributed by atoms with Gasteiger partial charge in [0.1, 0.15) is 0 Å². The van der Waals surface area contributed by atoms with Crippen molar-refractivity contribution in [2.45, 2.75) is 18.6 Å². The summed E-state index contributed by atoms with van der Waals surface area (Å²) in [5.41, 5.74) is 0.392. The molecule has 0 radical (unpaired) electrons. The first kappa shape index (κ1) is 19.1. The average Bonchev–Trinajstić information content (AvgIpc) is 3.49. The van der Waals surface area contributed by atoms with E-state index in [1.54, 1.807) is 36.6 Å². The van der Waals surface area contributed by atoms with E-state index in [9.17, 15) is 9.59 Å². The zero-order valence-corrected chi connectivity index (χ0v) is 16.3. The zero-order valence-electron chi connectivity index (χ0n) is 15.5. The molecule has 0 N–H and O–H groups in total. The van der Waals surface area contributed by atoms with E-state index >= 15 is 0 Å². The molecule has 0 fully saturated rings. The molecule has 0 saturated carbocycles. The SMILES string of the molecule is CCn1c(SCC(=O)OCC(=O)c2ccc3c(c2)OCO3)nnc1-c1ccco1. The van der Waals surface area contributed by atoms with Crippen molar-refractivity contribution in [3.63, 3.8) is 0 Å². The van der Waals surface area contributed by atoms with E-state index < -0.39 is 5.97 Å². The molecule has 0 aliphatic carbocycles. The van der Waals surface area contributed by atoms with Crippen LogP contribution in [-0.2, 0) is 16.1 Å². The van der Waals surface area contributed by atoms with Crippen LogP contribution in [-0.4, -0.2) is 45.7 Å². The lowest BCUT2D eigenvalue weighted by molar-refractivity contribution is -0.139. The lowest BCUT2D eigenvalue weighted by atomic mass is 10.1. The lowest BCUT2D eigenvalue weighted by Gasteiger charge is -2.06. The molecule has 29 heavy (non-hydrogen) atoms. The van der Waals surface area contributed by atoms with Crippen molar-refractivity contribution in [2.24, 2.45) is 0 Å². The quantitative estimate of drug-likeness (QED) is 0.312. The van der Waals surface area contributed by atoms with Gasteiger partial charge in [-0.3, -0.25) is 14.2 Å². The Labute approximate surface area is 170 Å². The number of rotatable bonds is 8. The van der Waals surface area contributed by atoms with Gasteiger partial charge in [0.15, 0.2) is 40.6 Å². The minimum atomic E-state index is -0.519. The van der Waals surface area contributed by atoms with Gasteiger partial charge < -0.3 is 18.6 Å². The van der Waals surface area contributed by atoms with E-state index in [1.165, 1.54) is 11.8 Å². The van der Waals surface area contributed by atoms with Crippen LogP contribution in [0.25, 0.3) is 11.6 Å². The highest BCUT2D eigenvalue weighted by atomic mass is 32.2. The first-order valence-corrected chi connectivity index (χ1v) is 9.82. The summed E-state index contributed by atoms with van der Waals surface area (Å²) in [7, 11) is 0. The smallest absolute Gasteiger partial charge is 0.316 e. The van der Waals surface area contributed by atoms with Crippen molar-refractivity contribution in [3.8, 4) is 23.1 Å². The summed E-state index contributed by atoms with van der Waals surface area (Å²) in [5.74, 6) is 1.44. The molecule has 0 spiro atoms. The Balaban J connectivity index is 1.31. The second-order valence-electron chi connectivity index (χ2n) is 5.97. The number of benzene rings is 1. The molecule has 0 saturated heterocycles. The number of furan rings is 1. The number of hydrogen-bond acceptors (Lipinski definition) is 9. The summed E-state index contributed by atoms with van der Waals surface area (Å²) in [4.78, 5) is 24.3. The Morgan fingerprint density at radius 1 is 1.21 bits per heavy atom. The number of Topliss-reactive ketones (excluding diaryl/α,β-unsaturated/α-hetero) is 1. The van der Waals surface area contributed by atoms with Crippen LogP contribution in [0.4, 0.5) is 0 Å². The Morgan fingerprint density at radius 3 is 2.86 bits per heavy atom. The van der Waals surface area contributed by atoms with Crippen LogP contribution in [0.2, 0.25) is 0 Å². The Bertz CT molecular complexity index is 1030. The summed E-state index contributed by atoms with van der Waals surface area (Å²) >= 11 is 1.19. The summed E-state index contributed by atoms with van der Waals surface area (Å²) in [6, 6.07) is 8.40. The second-order valence-corrected chi connectivity index (χ2v) is 6.91. The van der Waals surface area contributed by atoms with Crippen molar-refractivity contribution in [1.29, 1.82) is 0 Å². The first-order chi connectivity index (χ1) is 14.2. The molecule has 0 atom stereocenters. The monoisotopic (exact) mass is 415 g/mol. The van der Waals surface area contributed by atoms with Crippen LogP contribution in [0, 0.1) is 0 Å². The molecule has 1 aliphatic rings. The maximum absolute atomic E-state index is 12.2. The van der Waals surface area contributed by atoms with Crippen molar-refractivity contribution in [2.75, 3.05) is 19.2 Å². The number of fused-ring (bicyclic) bond motifs is 1. The van der Waals surface area contributed by atoms with Crippen LogP contribution in [0.5, 0.6) is 11.5 Å². The van der Waals surface area contributed by atoms with Crippen LogP contribution >= 0.6 is 11.8 Å². The van der Waals surface area contributed by atoms with E-state index in [0.29, 0.717) is 40.3 Å². The fourth-order valence-corrected chi connectivity index (χ4v) is 3.53. The molecule has 2 aromatic heterocycles. The van der Waals surface area contributed by atoms with E-state index in [2.05, 4.69) is 10.2 Å². The topological polar surface area (TPSA) is 106 Å². The predicted octanol–water partition coefficient (Wildman–Crippen LogP) is 2.80. The summed E-state index contributed by atoms with van der Waals surface area (Å²) in [6.45, 7) is 2.34. The van der Waals surface area contributed by atoms with Crippen LogP contribution in [0.15, 0.2) is 46.2 Å². The third kappa shape index (κ3) is 4.11. The molecule has 0 unspecified atom stereocenters. The van der Waals surface area contributed by atoms with Crippen molar-refractivity contribution in [3.05, 3.63) is 42.2 Å². The van der Waals surface area contributed by atoms with Crippen LogP contribution in [0.1, 0.15) is 17.3 Å². The van der Waals surface area contributed by atoms with Gasteiger partial charge in [0.2, 0.25) is 6.79 Å². The minimum Gasteiger partial charge on any atom is -0.461 e. The number of thioether (sulfide) groups is 1. The van der Waals surface area contributed by atoms with Gasteiger partial charge in [-0.2, -0.15) is 0 Å². The molecule has 0 bridgehead atoms. The van der Waals surface area contributed by atoms with Crippen LogP contribution < -0.4 is 9.47 Å². The highest BCUT2D eigenvalue weighted by Crippen LogP contribution is 2.32. The Morgan fingerprint density at radius 2 is 2.07 bits per heavy atom. The van der Waals surface area contributed by atoms with Gasteiger partial charge in [-0.15, -0.1) is 10.2 Å². The Kier molecular flexibility index (Phi) is 5.52. The standard InChI is InChI=1S/C19H17N3O6S/c1-2-22-18(15-4-3-7-25-15)20-21-19(22)29-10-17(24)26-9-13(23)12-5-6-14-16(8-12)28-11-27-14/h3-8H,2,9-11H2,1H3. The average molecular weight is 415 g/mol. The van der Waals surface area contributed by atoms with Crippen molar-refractivity contribution >= 4 is 23.5 Å². The number of hydrogen-bond donors (Lipinski definition) is 0. The second kappa shape index (κ2) is 8.39. The van der Waals surface area contributed by atoms with Gasteiger partial charge in [0.25, 0.3) is 0 Å². The third-order valence-electron chi connectivity index (χ3n) is 4.15. The molecule has 0 amide bonds. The largest absolute Gasteiger partial charge is 0.461 e. The molecule has 3 aromatic rings. The molecular weight excluding hydrogens is 398 g/mol. The number of carbonyl (C=O) groups excluding carboxylic acids is 2. The van der Waals surface area contributed by atoms with Gasteiger partial charge in [-0.25, -0.2) is 0 Å². The predicted molar refractivity (Wildman–Crippen MR) is 102 cm³/mol. The molecule has 150 valence electrons. The van der Waals surface area contributed by atoms with E-state index in [1.807, 2.05) is 11.5 Å². The third-order valence-corrected chi connectivity index (χ3v) is 5.09. The van der Waals surface area contributed by atoms with Gasteiger partial charge in [0, 0.05) is 12.1 Å². The molecule has 1 aromatic carbocycles. The number of ketones is 1. The summed E-state index contributed by atoms with van der Waals surface area (Å²) < 4.78 is 22.7. The number of carbonyl (C=O) groups is 2. The van der Waals surface area contributed by atoms with Crippen molar-refractivity contribution < 1.29 is 28.2 Å². The van der Waals surface area contributed by atoms with Crippen LogP contribution in [0.3, 0.4) is 0 Å². The van der Waals surface area contributed by atoms with E-state index in [-0.39, 0.29) is 24.9 Å².